The number of unbranched alkanes of at least 4 members (excludes halogenated alkanes) is 1. The Kier molecular flexibility index (Phi) is 6.72. The van der Waals surface area contributed by atoms with E-state index in [0.717, 1.165) is 63.0 Å². The van der Waals surface area contributed by atoms with Gasteiger partial charge in [0.25, 0.3) is 0 Å². The summed E-state index contributed by atoms with van der Waals surface area (Å²) in [6.07, 6.45) is 6.00. The average Bonchev–Trinajstić information content (AvgIpc) is 2.50. The van der Waals surface area contributed by atoms with E-state index < -0.39 is 0 Å². The first-order valence-corrected chi connectivity index (χ1v) is 7.95. The number of hydrogen-bond donors (Lipinski definition) is 1. The number of piperidine rings is 1. The molecule has 1 aliphatic heterocycles. The fraction of sp³-hybridized carbons (Fsp3) is 0.647. The van der Waals surface area contributed by atoms with Crippen LogP contribution in [0.4, 0.5) is 0 Å². The molecule has 0 saturated carbocycles. The van der Waals surface area contributed by atoms with Crippen LogP contribution in [0.1, 0.15) is 39.0 Å². The van der Waals surface area contributed by atoms with Gasteiger partial charge in [-0.15, -0.1) is 0 Å². The molecule has 1 aromatic rings. The van der Waals surface area contributed by atoms with Crippen LogP contribution in [0.25, 0.3) is 0 Å². The van der Waals surface area contributed by atoms with Gasteiger partial charge >= 0.3 is 0 Å². The van der Waals surface area contributed by atoms with Crippen molar-refractivity contribution in [2.24, 2.45) is 5.92 Å². The molecule has 1 heterocycles. The predicted molar refractivity (Wildman–Crippen MR) is 82.6 cm³/mol. The molecular formula is C17H27NO2. The van der Waals surface area contributed by atoms with Crippen LogP contribution in [-0.2, 0) is 0 Å². The van der Waals surface area contributed by atoms with Gasteiger partial charge in [0.1, 0.15) is 11.5 Å². The standard InChI is InChI=1S/C17H27NO2/c1-2-3-13-19-16-4-6-17(7-5-16)20-14-10-15-8-11-18-12-9-15/h4-7,15,18H,2-3,8-14H2,1H3. The van der Waals surface area contributed by atoms with E-state index >= 15 is 0 Å². The lowest BCUT2D eigenvalue weighted by molar-refractivity contribution is 0.251. The van der Waals surface area contributed by atoms with Crippen molar-refractivity contribution in [3.05, 3.63) is 24.3 Å². The van der Waals surface area contributed by atoms with Crippen molar-refractivity contribution < 1.29 is 9.47 Å². The third-order valence-corrected chi connectivity index (χ3v) is 3.84. The zero-order valence-corrected chi connectivity index (χ0v) is 12.6. The molecule has 1 aliphatic rings. The molecule has 20 heavy (non-hydrogen) atoms. The van der Waals surface area contributed by atoms with E-state index in [4.69, 9.17) is 9.47 Å². The van der Waals surface area contributed by atoms with Crippen LogP contribution >= 0.6 is 0 Å². The minimum Gasteiger partial charge on any atom is -0.494 e. The smallest absolute Gasteiger partial charge is 0.119 e. The van der Waals surface area contributed by atoms with E-state index in [-0.39, 0.29) is 0 Å². The molecule has 0 aliphatic carbocycles. The Bertz CT molecular complexity index is 358. The molecule has 1 N–H and O–H groups in total. The van der Waals surface area contributed by atoms with Crippen molar-refractivity contribution in [3.8, 4) is 11.5 Å². The quantitative estimate of drug-likeness (QED) is 0.736. The van der Waals surface area contributed by atoms with Gasteiger partial charge in [-0.05, 0) is 69.0 Å². The first kappa shape index (κ1) is 15.2. The largest absolute Gasteiger partial charge is 0.494 e. The van der Waals surface area contributed by atoms with Crippen molar-refractivity contribution in [2.75, 3.05) is 26.3 Å². The van der Waals surface area contributed by atoms with Crippen LogP contribution in [0.5, 0.6) is 11.5 Å². The number of rotatable bonds is 8. The molecule has 1 fully saturated rings. The fourth-order valence-electron chi connectivity index (χ4n) is 2.48. The lowest BCUT2D eigenvalue weighted by Gasteiger charge is -2.22. The van der Waals surface area contributed by atoms with Gasteiger partial charge in [-0.1, -0.05) is 13.3 Å². The van der Waals surface area contributed by atoms with E-state index in [9.17, 15) is 0 Å². The molecule has 1 saturated heterocycles. The van der Waals surface area contributed by atoms with Crippen LogP contribution in [-0.4, -0.2) is 26.3 Å². The Balaban J connectivity index is 1.65. The third kappa shape index (κ3) is 5.41. The van der Waals surface area contributed by atoms with Crippen molar-refractivity contribution in [2.45, 2.75) is 39.0 Å². The van der Waals surface area contributed by atoms with E-state index in [1.54, 1.807) is 0 Å². The van der Waals surface area contributed by atoms with E-state index in [2.05, 4.69) is 12.2 Å². The van der Waals surface area contributed by atoms with E-state index in [1.165, 1.54) is 12.8 Å². The molecule has 0 amide bonds. The number of benzene rings is 1. The molecule has 0 bridgehead atoms. The minimum absolute atomic E-state index is 0.798. The molecule has 3 heteroatoms. The first-order valence-electron chi connectivity index (χ1n) is 7.95. The molecule has 112 valence electrons. The number of nitrogens with one attached hydrogen (secondary N) is 1. The van der Waals surface area contributed by atoms with Gasteiger partial charge in [0.05, 0.1) is 13.2 Å². The molecule has 0 unspecified atom stereocenters. The summed E-state index contributed by atoms with van der Waals surface area (Å²) in [4.78, 5) is 0. The summed E-state index contributed by atoms with van der Waals surface area (Å²) in [6.45, 7) is 6.11. The zero-order valence-electron chi connectivity index (χ0n) is 12.6. The summed E-state index contributed by atoms with van der Waals surface area (Å²) in [5.74, 6) is 2.71. The van der Waals surface area contributed by atoms with Crippen molar-refractivity contribution >= 4 is 0 Å². The maximum Gasteiger partial charge on any atom is 0.119 e. The van der Waals surface area contributed by atoms with Gasteiger partial charge in [0, 0.05) is 0 Å². The summed E-state index contributed by atoms with van der Waals surface area (Å²) in [7, 11) is 0. The normalized spacial score (nSPS) is 16.1. The Morgan fingerprint density at radius 2 is 1.60 bits per heavy atom. The molecule has 0 aromatic heterocycles. The fourth-order valence-corrected chi connectivity index (χ4v) is 2.48. The van der Waals surface area contributed by atoms with Crippen molar-refractivity contribution in [3.63, 3.8) is 0 Å². The molecule has 2 rings (SSSR count). The summed E-state index contributed by atoms with van der Waals surface area (Å²) in [6, 6.07) is 8.00. The highest BCUT2D eigenvalue weighted by atomic mass is 16.5. The second-order valence-corrected chi connectivity index (χ2v) is 5.50. The van der Waals surface area contributed by atoms with Gasteiger partial charge in [-0.25, -0.2) is 0 Å². The highest BCUT2D eigenvalue weighted by molar-refractivity contribution is 5.31. The SMILES string of the molecule is CCCCOc1ccc(OCCC2CCNCC2)cc1. The van der Waals surface area contributed by atoms with Crippen molar-refractivity contribution in [1.82, 2.24) is 5.32 Å². The maximum atomic E-state index is 5.81. The summed E-state index contributed by atoms with van der Waals surface area (Å²) in [5, 5.41) is 3.40. The van der Waals surface area contributed by atoms with Gasteiger partial charge in [0.15, 0.2) is 0 Å². The zero-order chi connectivity index (χ0) is 14.0. The molecular weight excluding hydrogens is 250 g/mol. The topological polar surface area (TPSA) is 30.5 Å². The van der Waals surface area contributed by atoms with Crippen LogP contribution in [0.15, 0.2) is 24.3 Å². The molecule has 0 atom stereocenters. The highest BCUT2D eigenvalue weighted by Crippen LogP contribution is 2.20. The Morgan fingerprint density at radius 1 is 1.00 bits per heavy atom. The lowest BCUT2D eigenvalue weighted by atomic mass is 9.95. The van der Waals surface area contributed by atoms with Gasteiger partial charge in [-0.3, -0.25) is 0 Å². The van der Waals surface area contributed by atoms with E-state index in [1.807, 2.05) is 24.3 Å². The third-order valence-electron chi connectivity index (χ3n) is 3.84. The molecule has 0 radical (unpaired) electrons. The molecule has 3 nitrogen and oxygen atoms in total. The molecule has 0 spiro atoms. The minimum atomic E-state index is 0.798. The van der Waals surface area contributed by atoms with Crippen LogP contribution in [0.3, 0.4) is 0 Å². The van der Waals surface area contributed by atoms with Gasteiger partial charge < -0.3 is 14.8 Å². The lowest BCUT2D eigenvalue weighted by Crippen LogP contribution is -2.28. The monoisotopic (exact) mass is 277 g/mol. The highest BCUT2D eigenvalue weighted by Gasteiger charge is 2.12. The van der Waals surface area contributed by atoms with Gasteiger partial charge in [-0.2, -0.15) is 0 Å². The van der Waals surface area contributed by atoms with Crippen LogP contribution < -0.4 is 14.8 Å². The van der Waals surface area contributed by atoms with Crippen LogP contribution in [0, 0.1) is 5.92 Å². The summed E-state index contributed by atoms with van der Waals surface area (Å²) in [5.41, 5.74) is 0. The average molecular weight is 277 g/mol. The Hall–Kier alpha value is -1.22. The van der Waals surface area contributed by atoms with Crippen molar-refractivity contribution in [1.29, 1.82) is 0 Å². The first-order chi connectivity index (χ1) is 9.88. The summed E-state index contributed by atoms with van der Waals surface area (Å²) >= 11 is 0. The summed E-state index contributed by atoms with van der Waals surface area (Å²) < 4.78 is 11.5. The maximum absolute atomic E-state index is 5.81. The number of hydrogen-bond acceptors (Lipinski definition) is 3. The molecule has 1 aromatic carbocycles. The van der Waals surface area contributed by atoms with E-state index in [0.29, 0.717) is 0 Å². The second kappa shape index (κ2) is 8.85. The Morgan fingerprint density at radius 3 is 2.20 bits per heavy atom. The second-order valence-electron chi connectivity index (χ2n) is 5.50. The predicted octanol–water partition coefficient (Wildman–Crippen LogP) is 3.63. The van der Waals surface area contributed by atoms with Gasteiger partial charge in [0.2, 0.25) is 0 Å². The van der Waals surface area contributed by atoms with Crippen LogP contribution in [0.2, 0.25) is 0 Å². The number of ether oxygens (including phenoxy) is 2. The Labute approximate surface area is 122 Å².